The van der Waals surface area contributed by atoms with Crippen molar-refractivity contribution in [2.75, 3.05) is 0 Å². The van der Waals surface area contributed by atoms with E-state index in [1.807, 2.05) is 80.7 Å². The van der Waals surface area contributed by atoms with Crippen LogP contribution in [0.5, 0.6) is 5.75 Å². The fourth-order valence-corrected chi connectivity index (χ4v) is 8.55. The normalized spacial score (nSPS) is 11.8. The number of fused-ring (bicyclic) bond motifs is 1. The molecule has 8 aromatic carbocycles. The van der Waals surface area contributed by atoms with E-state index in [-0.39, 0.29) is 5.75 Å². The van der Waals surface area contributed by atoms with Crippen LogP contribution in [-0.4, -0.2) is 19.6 Å². The number of hydrogen-bond donors (Lipinski definition) is 1. The quantitative estimate of drug-likeness (QED) is 0.158. The van der Waals surface area contributed by atoms with Gasteiger partial charge in [-0.25, -0.2) is 4.98 Å². The molecule has 4 nitrogen and oxygen atoms in total. The highest BCUT2D eigenvalue weighted by molar-refractivity contribution is 5.99. The van der Waals surface area contributed by atoms with Gasteiger partial charge in [-0.15, -0.1) is 0 Å². The maximum Gasteiger partial charge on any atom is 0.149 e. The predicted molar refractivity (Wildman–Crippen MR) is 257 cm³/mol. The lowest BCUT2D eigenvalue weighted by molar-refractivity contribution is 0.477. The number of aromatic hydroxyl groups is 1. The fourth-order valence-electron chi connectivity index (χ4n) is 8.55. The van der Waals surface area contributed by atoms with Crippen molar-refractivity contribution in [2.45, 2.75) is 26.7 Å². The Kier molecular flexibility index (Phi) is 9.79. The first-order valence-electron chi connectivity index (χ1n) is 21.5. The van der Waals surface area contributed by atoms with Gasteiger partial charge in [-0.1, -0.05) is 159 Å². The minimum Gasteiger partial charge on any atom is -0.507 e. The lowest BCUT2D eigenvalue weighted by atomic mass is 9.88. The Balaban J connectivity index is 1.26. The molecule has 1 N–H and O–H groups in total. The van der Waals surface area contributed by atoms with E-state index in [2.05, 4.69) is 145 Å². The van der Waals surface area contributed by atoms with Crippen molar-refractivity contribution >= 4 is 11.0 Å². The Hall–Kier alpha value is -7.82. The Labute approximate surface area is 364 Å². The van der Waals surface area contributed by atoms with Gasteiger partial charge in [0.1, 0.15) is 11.6 Å². The number of aryl methyl sites for hydroxylation is 1. The summed E-state index contributed by atoms with van der Waals surface area (Å²) in [4.78, 5) is 10.4. The Morgan fingerprint density at radius 2 is 1.08 bits per heavy atom. The van der Waals surface area contributed by atoms with Crippen molar-refractivity contribution in [3.63, 3.8) is 0 Å². The Bertz CT molecular complexity index is 3260. The lowest BCUT2D eigenvalue weighted by Gasteiger charge is -2.22. The van der Waals surface area contributed by atoms with Crippen LogP contribution in [0, 0.1) is 6.92 Å². The van der Waals surface area contributed by atoms with Gasteiger partial charge in [-0.2, -0.15) is 0 Å². The van der Waals surface area contributed by atoms with Crippen molar-refractivity contribution in [2.24, 2.45) is 0 Å². The summed E-state index contributed by atoms with van der Waals surface area (Å²) in [5.74, 6) is -0.165. The van der Waals surface area contributed by atoms with Gasteiger partial charge in [0.05, 0.1) is 28.0 Å². The zero-order valence-electron chi connectivity index (χ0n) is 35.9. The molecule has 0 aliphatic rings. The molecular weight excluding hydrogens is 755 g/mol. The smallest absolute Gasteiger partial charge is 0.149 e. The number of hydrogen-bond acceptors (Lipinski definition) is 3. The van der Waals surface area contributed by atoms with Gasteiger partial charge >= 0.3 is 0 Å². The van der Waals surface area contributed by atoms with Crippen LogP contribution in [0.4, 0.5) is 0 Å². The van der Waals surface area contributed by atoms with E-state index in [4.69, 9.17) is 9.97 Å². The highest BCUT2D eigenvalue weighted by atomic mass is 16.3. The Morgan fingerprint density at radius 3 is 1.77 bits per heavy atom. The molecule has 0 spiro atoms. The van der Waals surface area contributed by atoms with E-state index in [1.54, 1.807) is 6.07 Å². The molecule has 0 saturated heterocycles. The number of benzene rings is 8. The summed E-state index contributed by atoms with van der Waals surface area (Å²) >= 11 is 0. The van der Waals surface area contributed by atoms with Crippen molar-refractivity contribution < 1.29 is 6.48 Å². The SMILES string of the molecule is [2H]C(C)(C)c1cc(-c2ccccc2)c(-n2c(-c3ccccc3O)nc3c(-c4cc(-c5ccccc5)cc(-c5cc(-c6ccc(C)cc6)ccn5)c4)cccc32)cc1-c1ccccc1. The first-order valence-corrected chi connectivity index (χ1v) is 21.0. The summed E-state index contributed by atoms with van der Waals surface area (Å²) in [5.41, 5.74) is 17.5. The highest BCUT2D eigenvalue weighted by Crippen LogP contribution is 2.44. The number of rotatable bonds is 9. The van der Waals surface area contributed by atoms with Crippen molar-refractivity contribution in [1.82, 2.24) is 14.5 Å². The largest absolute Gasteiger partial charge is 0.507 e. The number of para-hydroxylation sites is 2. The third-order valence-corrected chi connectivity index (χ3v) is 11.7. The zero-order chi connectivity index (χ0) is 43.1. The fraction of sp³-hybridized carbons (Fsp3) is 0.0690. The molecule has 2 heterocycles. The van der Waals surface area contributed by atoms with Crippen molar-refractivity contribution in [1.29, 1.82) is 0 Å². The molecule has 0 aliphatic carbocycles. The van der Waals surface area contributed by atoms with E-state index in [9.17, 15) is 6.48 Å². The minimum atomic E-state index is -0.909. The molecular formula is C58H45N3O. The van der Waals surface area contributed by atoms with E-state index >= 15 is 0 Å². The van der Waals surface area contributed by atoms with Gasteiger partial charge in [0.15, 0.2) is 0 Å². The van der Waals surface area contributed by atoms with Gasteiger partial charge in [-0.05, 0) is 124 Å². The van der Waals surface area contributed by atoms with E-state index in [0.717, 1.165) is 89.2 Å². The summed E-state index contributed by atoms with van der Waals surface area (Å²) < 4.78 is 11.6. The summed E-state index contributed by atoms with van der Waals surface area (Å²) in [6.07, 6.45) is 1.89. The minimum absolute atomic E-state index is 0.136. The van der Waals surface area contributed by atoms with E-state index in [0.29, 0.717) is 11.4 Å². The first kappa shape index (κ1) is 37.2. The van der Waals surface area contributed by atoms with Gasteiger partial charge in [0, 0.05) is 24.3 Å². The zero-order valence-corrected chi connectivity index (χ0v) is 34.9. The third-order valence-electron chi connectivity index (χ3n) is 11.7. The molecule has 298 valence electrons. The van der Waals surface area contributed by atoms with Crippen LogP contribution < -0.4 is 0 Å². The molecule has 0 bridgehead atoms. The van der Waals surface area contributed by atoms with Crippen LogP contribution in [0.25, 0.3) is 95.0 Å². The molecule has 62 heavy (non-hydrogen) atoms. The average molecular weight is 801 g/mol. The molecule has 2 aromatic heterocycles. The standard InChI is InChI=1S/C58H45N3O/c1-38(2)50-36-52(43-20-11-6-12-21-43)55(37-51(50)42-18-9-5-10-19-42)61-54-24-15-23-48(57(54)60-58(61)49-22-13-14-25-56(49)62)46-32-45(40-16-7-4-8-17-40)33-47(34-46)53-35-44(30-31-59-53)41-28-26-39(3)27-29-41/h4-38,62H,1-3H3/i38D. The third kappa shape index (κ3) is 7.26. The molecule has 0 unspecified atom stereocenters. The first-order chi connectivity index (χ1) is 30.7. The van der Waals surface area contributed by atoms with Crippen LogP contribution >= 0.6 is 0 Å². The number of phenols is 1. The molecule has 4 heteroatoms. The molecule has 0 atom stereocenters. The maximum atomic E-state index is 11.6. The van der Waals surface area contributed by atoms with Crippen molar-refractivity contribution in [3.8, 4) is 89.7 Å². The second kappa shape index (κ2) is 16.3. The topological polar surface area (TPSA) is 50.9 Å². The van der Waals surface area contributed by atoms with Gasteiger partial charge in [-0.3, -0.25) is 9.55 Å². The molecule has 0 fully saturated rings. The summed E-state index contributed by atoms with van der Waals surface area (Å²) in [6, 6.07) is 68.8. The van der Waals surface area contributed by atoms with Crippen molar-refractivity contribution in [3.05, 3.63) is 218 Å². The summed E-state index contributed by atoms with van der Waals surface area (Å²) in [7, 11) is 0. The molecule has 0 aliphatic heterocycles. The number of nitrogens with zero attached hydrogens (tertiary/aromatic N) is 3. The predicted octanol–water partition coefficient (Wildman–Crippen LogP) is 15.2. The molecule has 0 amide bonds. The lowest BCUT2D eigenvalue weighted by Crippen LogP contribution is -2.04. The van der Waals surface area contributed by atoms with Crippen LogP contribution in [-0.2, 0) is 0 Å². The molecule has 0 radical (unpaired) electrons. The molecule has 0 saturated carbocycles. The van der Waals surface area contributed by atoms with Gasteiger partial charge in [0.2, 0.25) is 0 Å². The maximum absolute atomic E-state index is 11.6. The number of imidazole rings is 1. The number of phenolic OH excluding ortho intramolecular Hbond substituents is 1. The summed E-state index contributed by atoms with van der Waals surface area (Å²) in [6.45, 7) is 6.00. The number of aromatic nitrogens is 3. The second-order valence-corrected chi connectivity index (χ2v) is 16.1. The van der Waals surface area contributed by atoms with Gasteiger partial charge in [0.25, 0.3) is 0 Å². The van der Waals surface area contributed by atoms with Crippen LogP contribution in [0.3, 0.4) is 0 Å². The van der Waals surface area contributed by atoms with Gasteiger partial charge < -0.3 is 5.11 Å². The highest BCUT2D eigenvalue weighted by Gasteiger charge is 2.24. The van der Waals surface area contributed by atoms with Crippen LogP contribution in [0.2, 0.25) is 0 Å². The van der Waals surface area contributed by atoms with Crippen LogP contribution in [0.1, 0.15) is 32.2 Å². The summed E-state index contributed by atoms with van der Waals surface area (Å²) in [5, 5.41) is 11.6. The number of pyridine rings is 1. The molecule has 10 rings (SSSR count). The molecule has 10 aromatic rings. The monoisotopic (exact) mass is 800 g/mol. The van der Waals surface area contributed by atoms with E-state index in [1.165, 1.54) is 5.56 Å². The van der Waals surface area contributed by atoms with Crippen LogP contribution in [0.15, 0.2) is 206 Å². The van der Waals surface area contributed by atoms with E-state index < -0.39 is 5.89 Å². The Morgan fingerprint density at radius 1 is 0.484 bits per heavy atom. The second-order valence-electron chi connectivity index (χ2n) is 16.1. The average Bonchev–Trinajstić information content (AvgIpc) is 3.71.